The Morgan fingerprint density at radius 2 is 1.95 bits per heavy atom. The van der Waals surface area contributed by atoms with Gasteiger partial charge < -0.3 is 16.0 Å². The molecule has 1 saturated carbocycles. The maximum atomic E-state index is 11.4. The van der Waals surface area contributed by atoms with E-state index in [1.807, 2.05) is 0 Å². The molecule has 2 rings (SSSR count). The zero-order valence-electron chi connectivity index (χ0n) is 11.6. The zero-order valence-corrected chi connectivity index (χ0v) is 13.9. The van der Waals surface area contributed by atoms with Crippen molar-refractivity contribution in [3.8, 4) is 0 Å². The van der Waals surface area contributed by atoms with Crippen molar-refractivity contribution < 1.29 is 4.79 Å². The van der Waals surface area contributed by atoms with Crippen LogP contribution in [0.2, 0.25) is 0 Å². The van der Waals surface area contributed by atoms with Crippen LogP contribution in [0, 0.1) is 11.8 Å². The average Bonchev–Trinajstić information content (AvgIpc) is 3.19. The summed E-state index contributed by atoms with van der Waals surface area (Å²) in [6.45, 7) is 5.46. The Bertz CT molecular complexity index is 323. The molecule has 110 valence electrons. The second-order valence-corrected chi connectivity index (χ2v) is 5.47. The summed E-state index contributed by atoms with van der Waals surface area (Å²) < 4.78 is 0. The third-order valence-corrected chi connectivity index (χ3v) is 3.74. The van der Waals surface area contributed by atoms with Gasteiger partial charge in [-0.15, -0.1) is 24.0 Å². The first-order valence-electron chi connectivity index (χ1n) is 6.99. The van der Waals surface area contributed by atoms with E-state index < -0.39 is 0 Å². The second kappa shape index (κ2) is 7.91. The lowest BCUT2D eigenvalue weighted by Crippen LogP contribution is -2.42. The normalized spacial score (nSPS) is 20.9. The standard InChI is InChI=1S/C13H24N4O.HI/c1-10-4-8-17(9-5-10)13(14)16-7-6-15-12(18)11-2-3-11;/h10-11H,2-9H2,1H3,(H2,14,16)(H,15,18);1H. The fourth-order valence-electron chi connectivity index (χ4n) is 2.18. The topological polar surface area (TPSA) is 70.7 Å². The van der Waals surface area contributed by atoms with Crippen LogP contribution in [0.4, 0.5) is 0 Å². The van der Waals surface area contributed by atoms with Gasteiger partial charge >= 0.3 is 0 Å². The Balaban J connectivity index is 0.00000180. The highest BCUT2D eigenvalue weighted by atomic mass is 127. The van der Waals surface area contributed by atoms with Crippen molar-refractivity contribution >= 4 is 35.8 Å². The van der Waals surface area contributed by atoms with E-state index in [1.54, 1.807) is 0 Å². The lowest BCUT2D eigenvalue weighted by molar-refractivity contribution is -0.122. The quantitative estimate of drug-likeness (QED) is 0.333. The summed E-state index contributed by atoms with van der Waals surface area (Å²) in [7, 11) is 0. The molecular formula is C13H25IN4O. The molecule has 3 N–H and O–H groups in total. The minimum Gasteiger partial charge on any atom is -0.370 e. The number of piperidine rings is 1. The van der Waals surface area contributed by atoms with E-state index in [2.05, 4.69) is 22.1 Å². The van der Waals surface area contributed by atoms with Gasteiger partial charge in [-0.3, -0.25) is 9.79 Å². The molecule has 1 amide bonds. The molecule has 5 nitrogen and oxygen atoms in total. The summed E-state index contributed by atoms with van der Waals surface area (Å²) in [5, 5.41) is 2.89. The average molecular weight is 380 g/mol. The molecular weight excluding hydrogens is 355 g/mol. The summed E-state index contributed by atoms with van der Waals surface area (Å²) in [5.41, 5.74) is 5.95. The molecule has 6 heteroatoms. The maximum Gasteiger partial charge on any atom is 0.223 e. The Labute approximate surface area is 132 Å². The van der Waals surface area contributed by atoms with Gasteiger partial charge in [-0.05, 0) is 31.6 Å². The number of nitrogens with one attached hydrogen (secondary N) is 1. The Kier molecular flexibility index (Phi) is 6.88. The van der Waals surface area contributed by atoms with Crippen molar-refractivity contribution in [3.63, 3.8) is 0 Å². The number of carbonyl (C=O) groups is 1. The van der Waals surface area contributed by atoms with Crippen LogP contribution in [0.3, 0.4) is 0 Å². The number of hydrogen-bond acceptors (Lipinski definition) is 2. The third-order valence-electron chi connectivity index (χ3n) is 3.74. The van der Waals surface area contributed by atoms with Crippen molar-refractivity contribution in [2.45, 2.75) is 32.6 Å². The molecule has 0 bridgehead atoms. The number of rotatable bonds is 4. The van der Waals surface area contributed by atoms with E-state index in [0.29, 0.717) is 19.0 Å². The maximum absolute atomic E-state index is 11.4. The highest BCUT2D eigenvalue weighted by Crippen LogP contribution is 2.28. The van der Waals surface area contributed by atoms with Crippen LogP contribution in [0.15, 0.2) is 4.99 Å². The first kappa shape index (κ1) is 16.5. The van der Waals surface area contributed by atoms with Gasteiger partial charge in [0.1, 0.15) is 0 Å². The lowest BCUT2D eigenvalue weighted by Gasteiger charge is -2.31. The number of hydrogen-bond donors (Lipinski definition) is 2. The molecule has 1 aliphatic heterocycles. The molecule has 0 aromatic carbocycles. The van der Waals surface area contributed by atoms with Gasteiger partial charge in [0.05, 0.1) is 6.54 Å². The SMILES string of the molecule is CC1CCN(C(N)=NCCNC(=O)C2CC2)CC1.I. The minimum absolute atomic E-state index is 0. The molecule has 0 unspecified atom stereocenters. The third kappa shape index (κ3) is 5.54. The number of likely N-dealkylation sites (tertiary alicyclic amines) is 1. The highest BCUT2D eigenvalue weighted by molar-refractivity contribution is 14.0. The van der Waals surface area contributed by atoms with E-state index in [9.17, 15) is 4.79 Å². The molecule has 2 fully saturated rings. The van der Waals surface area contributed by atoms with Gasteiger partial charge in [-0.25, -0.2) is 0 Å². The van der Waals surface area contributed by atoms with Gasteiger partial charge in [-0.1, -0.05) is 6.92 Å². The van der Waals surface area contributed by atoms with Gasteiger partial charge in [0.2, 0.25) is 5.91 Å². The van der Waals surface area contributed by atoms with Crippen molar-refractivity contribution in [1.29, 1.82) is 0 Å². The van der Waals surface area contributed by atoms with E-state index in [4.69, 9.17) is 5.73 Å². The summed E-state index contributed by atoms with van der Waals surface area (Å²) in [6, 6.07) is 0. The number of nitrogens with two attached hydrogens (primary N) is 1. The monoisotopic (exact) mass is 380 g/mol. The second-order valence-electron chi connectivity index (χ2n) is 5.47. The molecule has 1 aliphatic carbocycles. The predicted octanol–water partition coefficient (Wildman–Crippen LogP) is 1.18. The van der Waals surface area contributed by atoms with Crippen LogP contribution in [0.5, 0.6) is 0 Å². The number of halogens is 1. The Hall–Kier alpha value is -0.530. The number of carbonyl (C=O) groups excluding carboxylic acids is 1. The van der Waals surface area contributed by atoms with Crippen LogP contribution >= 0.6 is 24.0 Å². The minimum atomic E-state index is 0. The summed E-state index contributed by atoms with van der Waals surface area (Å²) in [4.78, 5) is 17.9. The zero-order chi connectivity index (χ0) is 13.0. The van der Waals surface area contributed by atoms with Crippen LogP contribution in [-0.4, -0.2) is 42.9 Å². The largest absolute Gasteiger partial charge is 0.370 e. The van der Waals surface area contributed by atoms with E-state index in [1.165, 1.54) is 12.8 Å². The van der Waals surface area contributed by atoms with E-state index in [0.717, 1.165) is 31.8 Å². The number of aliphatic imine (C=N–C) groups is 1. The van der Waals surface area contributed by atoms with Crippen LogP contribution in [-0.2, 0) is 4.79 Å². The molecule has 1 heterocycles. The highest BCUT2D eigenvalue weighted by Gasteiger charge is 2.28. The van der Waals surface area contributed by atoms with Gasteiger partial charge in [0, 0.05) is 25.6 Å². The summed E-state index contributed by atoms with van der Waals surface area (Å²) in [6.07, 6.45) is 4.47. The van der Waals surface area contributed by atoms with Crippen LogP contribution < -0.4 is 11.1 Å². The van der Waals surface area contributed by atoms with Crippen molar-refractivity contribution in [2.75, 3.05) is 26.2 Å². The number of nitrogens with zero attached hydrogens (tertiary/aromatic N) is 2. The van der Waals surface area contributed by atoms with Gasteiger partial charge in [-0.2, -0.15) is 0 Å². The Morgan fingerprint density at radius 3 is 2.53 bits per heavy atom. The van der Waals surface area contributed by atoms with Gasteiger partial charge in [0.25, 0.3) is 0 Å². The summed E-state index contributed by atoms with van der Waals surface area (Å²) >= 11 is 0. The van der Waals surface area contributed by atoms with E-state index >= 15 is 0 Å². The molecule has 0 aromatic heterocycles. The van der Waals surface area contributed by atoms with Crippen molar-refractivity contribution in [3.05, 3.63) is 0 Å². The molecule has 2 aliphatic rings. The van der Waals surface area contributed by atoms with Crippen LogP contribution in [0.1, 0.15) is 32.6 Å². The molecule has 19 heavy (non-hydrogen) atoms. The first-order chi connectivity index (χ1) is 8.66. The lowest BCUT2D eigenvalue weighted by atomic mass is 10.00. The molecule has 1 saturated heterocycles. The molecule has 0 aromatic rings. The first-order valence-corrected chi connectivity index (χ1v) is 6.99. The molecule has 0 radical (unpaired) electrons. The van der Waals surface area contributed by atoms with Crippen molar-refractivity contribution in [1.82, 2.24) is 10.2 Å². The number of amides is 1. The van der Waals surface area contributed by atoms with Crippen molar-refractivity contribution in [2.24, 2.45) is 22.6 Å². The van der Waals surface area contributed by atoms with E-state index in [-0.39, 0.29) is 35.8 Å². The smallest absolute Gasteiger partial charge is 0.223 e. The van der Waals surface area contributed by atoms with Gasteiger partial charge in [0.15, 0.2) is 5.96 Å². The fraction of sp³-hybridized carbons (Fsp3) is 0.846. The number of guanidine groups is 1. The molecule has 0 atom stereocenters. The summed E-state index contributed by atoms with van der Waals surface area (Å²) in [5.74, 6) is 1.87. The fourth-order valence-corrected chi connectivity index (χ4v) is 2.18. The predicted molar refractivity (Wildman–Crippen MR) is 87.6 cm³/mol. The Morgan fingerprint density at radius 1 is 1.32 bits per heavy atom. The van der Waals surface area contributed by atoms with Crippen LogP contribution in [0.25, 0.3) is 0 Å². The molecule has 0 spiro atoms.